The predicted octanol–water partition coefficient (Wildman–Crippen LogP) is 2.85. The molecule has 0 saturated heterocycles. The largest absolute Gasteiger partial charge is 0.464 e. The fourth-order valence-corrected chi connectivity index (χ4v) is 2.67. The van der Waals surface area contributed by atoms with Crippen LogP contribution in [0, 0.1) is 6.92 Å². The Labute approximate surface area is 143 Å². The van der Waals surface area contributed by atoms with Gasteiger partial charge in [-0.1, -0.05) is 54.1 Å². The number of ether oxygens (including phenoxy) is 1. The topological polar surface area (TPSA) is 72.5 Å². The molecule has 2 atom stereocenters. The summed E-state index contributed by atoms with van der Waals surface area (Å²) in [5.41, 5.74) is 10.7. The first-order chi connectivity index (χ1) is 11.5. The normalized spacial score (nSPS) is 13.3. The minimum Gasteiger partial charge on any atom is -0.464 e. The Morgan fingerprint density at radius 3 is 2.50 bits per heavy atom. The lowest BCUT2D eigenvalue weighted by molar-refractivity contribution is -0.153. The van der Waals surface area contributed by atoms with E-state index in [0.717, 1.165) is 11.1 Å². The predicted molar refractivity (Wildman–Crippen MR) is 95.6 cm³/mol. The minimum absolute atomic E-state index is 0.193. The second-order valence-electron chi connectivity index (χ2n) is 6.03. The zero-order chi connectivity index (χ0) is 17.5. The molecule has 0 fully saturated rings. The molecule has 4 heteroatoms. The highest BCUT2D eigenvalue weighted by Gasteiger charge is 2.19. The van der Waals surface area contributed by atoms with E-state index in [1.54, 1.807) is 6.92 Å². The van der Waals surface area contributed by atoms with Gasteiger partial charge in [-0.2, -0.15) is 0 Å². The number of hydrogen-bond acceptors (Lipinski definition) is 4. The van der Waals surface area contributed by atoms with Crippen molar-refractivity contribution in [2.45, 2.75) is 38.8 Å². The number of carbonyl (C=O) groups is 1. The number of nitrogens with two attached hydrogens (primary N) is 1. The van der Waals surface area contributed by atoms with Crippen LogP contribution in [0.4, 0.5) is 0 Å². The van der Waals surface area contributed by atoms with Crippen LogP contribution in [-0.2, 0) is 16.0 Å². The molecule has 0 amide bonds. The lowest BCUT2D eigenvalue weighted by Gasteiger charge is -2.15. The third kappa shape index (κ3) is 5.18. The van der Waals surface area contributed by atoms with Crippen molar-refractivity contribution in [1.29, 1.82) is 0 Å². The first-order valence-corrected chi connectivity index (χ1v) is 8.26. The fraction of sp³-hybridized carbons (Fsp3) is 0.350. The lowest BCUT2D eigenvalue weighted by Crippen LogP contribution is -2.33. The molecule has 128 valence electrons. The molecule has 2 aromatic rings. The molecule has 0 bridgehead atoms. The molecule has 0 radical (unpaired) electrons. The third-order valence-electron chi connectivity index (χ3n) is 3.89. The van der Waals surface area contributed by atoms with E-state index in [-0.39, 0.29) is 19.1 Å². The standard InChI is InChI=1S/C20H25NO3/c1-3-24-20(23)19(22)13-18(21)12-15-7-9-16(10-8-15)17-6-4-5-14(2)11-17/h4-11,18-19,22H,3,12-13,21H2,1-2H3/t18-,19-/m1/s1. The number of benzene rings is 2. The third-order valence-corrected chi connectivity index (χ3v) is 3.89. The van der Waals surface area contributed by atoms with Gasteiger partial charge in [-0.15, -0.1) is 0 Å². The van der Waals surface area contributed by atoms with Crippen LogP contribution in [0.15, 0.2) is 48.5 Å². The van der Waals surface area contributed by atoms with Gasteiger partial charge in [-0.25, -0.2) is 4.79 Å². The Kier molecular flexibility index (Phi) is 6.53. The number of esters is 1. The highest BCUT2D eigenvalue weighted by molar-refractivity contribution is 5.74. The van der Waals surface area contributed by atoms with E-state index in [4.69, 9.17) is 10.5 Å². The maximum absolute atomic E-state index is 11.4. The van der Waals surface area contributed by atoms with Crippen LogP contribution < -0.4 is 5.73 Å². The molecule has 0 aliphatic rings. The zero-order valence-electron chi connectivity index (χ0n) is 14.2. The van der Waals surface area contributed by atoms with Crippen molar-refractivity contribution < 1.29 is 14.6 Å². The van der Waals surface area contributed by atoms with Crippen LogP contribution in [0.25, 0.3) is 11.1 Å². The van der Waals surface area contributed by atoms with E-state index in [2.05, 4.69) is 37.3 Å². The highest BCUT2D eigenvalue weighted by Crippen LogP contribution is 2.21. The van der Waals surface area contributed by atoms with Crippen LogP contribution in [0.1, 0.15) is 24.5 Å². The van der Waals surface area contributed by atoms with Crippen molar-refractivity contribution in [2.24, 2.45) is 5.73 Å². The van der Waals surface area contributed by atoms with Crippen LogP contribution in [0.5, 0.6) is 0 Å². The average Bonchev–Trinajstić information content (AvgIpc) is 2.55. The van der Waals surface area contributed by atoms with Crippen molar-refractivity contribution in [3.05, 3.63) is 59.7 Å². The van der Waals surface area contributed by atoms with Gasteiger partial charge in [0.2, 0.25) is 0 Å². The van der Waals surface area contributed by atoms with Crippen molar-refractivity contribution >= 4 is 5.97 Å². The Morgan fingerprint density at radius 2 is 1.88 bits per heavy atom. The highest BCUT2D eigenvalue weighted by atomic mass is 16.5. The Morgan fingerprint density at radius 1 is 1.17 bits per heavy atom. The number of aliphatic hydroxyl groups is 1. The van der Waals surface area contributed by atoms with Gasteiger partial charge in [0.15, 0.2) is 6.10 Å². The van der Waals surface area contributed by atoms with Gasteiger partial charge in [0.05, 0.1) is 6.61 Å². The van der Waals surface area contributed by atoms with Crippen LogP contribution in [-0.4, -0.2) is 29.8 Å². The van der Waals surface area contributed by atoms with Gasteiger partial charge >= 0.3 is 5.97 Å². The molecule has 3 N–H and O–H groups in total. The number of hydrogen-bond donors (Lipinski definition) is 2. The maximum atomic E-state index is 11.4. The van der Waals surface area contributed by atoms with E-state index < -0.39 is 12.1 Å². The molecular weight excluding hydrogens is 302 g/mol. The number of carbonyl (C=O) groups excluding carboxylic acids is 1. The number of rotatable bonds is 7. The van der Waals surface area contributed by atoms with Crippen molar-refractivity contribution in [1.82, 2.24) is 0 Å². The second kappa shape index (κ2) is 8.62. The second-order valence-corrected chi connectivity index (χ2v) is 6.03. The van der Waals surface area contributed by atoms with E-state index in [1.165, 1.54) is 11.1 Å². The SMILES string of the molecule is CCOC(=O)[C@H](O)C[C@H](N)Cc1ccc(-c2cccc(C)c2)cc1. The van der Waals surface area contributed by atoms with Gasteiger partial charge in [0.1, 0.15) is 0 Å². The van der Waals surface area contributed by atoms with Gasteiger partial charge in [-0.05, 0) is 43.4 Å². The maximum Gasteiger partial charge on any atom is 0.335 e. The zero-order valence-corrected chi connectivity index (χ0v) is 14.2. The Bertz CT molecular complexity index is 667. The van der Waals surface area contributed by atoms with E-state index in [9.17, 15) is 9.90 Å². The summed E-state index contributed by atoms with van der Waals surface area (Å²) < 4.78 is 4.78. The summed E-state index contributed by atoms with van der Waals surface area (Å²) in [6.45, 7) is 4.04. The molecular formula is C20H25NO3. The molecule has 0 aliphatic heterocycles. The van der Waals surface area contributed by atoms with E-state index >= 15 is 0 Å². The van der Waals surface area contributed by atoms with Crippen molar-refractivity contribution in [3.8, 4) is 11.1 Å². The van der Waals surface area contributed by atoms with Crippen molar-refractivity contribution in [3.63, 3.8) is 0 Å². The summed E-state index contributed by atoms with van der Waals surface area (Å²) in [6.07, 6.45) is -0.366. The molecule has 24 heavy (non-hydrogen) atoms. The summed E-state index contributed by atoms with van der Waals surface area (Å²) in [5.74, 6) is -0.609. The number of aliphatic hydroxyl groups excluding tert-OH is 1. The van der Waals surface area contributed by atoms with Gasteiger partial charge < -0.3 is 15.6 Å². The summed E-state index contributed by atoms with van der Waals surface area (Å²) in [4.78, 5) is 11.4. The molecule has 0 unspecified atom stereocenters. The van der Waals surface area contributed by atoms with Gasteiger partial charge in [-0.3, -0.25) is 0 Å². The van der Waals surface area contributed by atoms with Gasteiger partial charge in [0.25, 0.3) is 0 Å². The smallest absolute Gasteiger partial charge is 0.335 e. The van der Waals surface area contributed by atoms with Crippen LogP contribution in [0.3, 0.4) is 0 Å². The Hall–Kier alpha value is -2.17. The summed E-state index contributed by atoms with van der Waals surface area (Å²) in [7, 11) is 0. The molecule has 0 aromatic heterocycles. The first-order valence-electron chi connectivity index (χ1n) is 8.26. The van der Waals surface area contributed by atoms with E-state index in [1.807, 2.05) is 18.2 Å². The van der Waals surface area contributed by atoms with Crippen LogP contribution in [0.2, 0.25) is 0 Å². The Balaban J connectivity index is 1.95. The molecule has 2 rings (SSSR count). The monoisotopic (exact) mass is 327 g/mol. The van der Waals surface area contributed by atoms with Crippen LogP contribution >= 0.6 is 0 Å². The van der Waals surface area contributed by atoms with Gasteiger partial charge in [0, 0.05) is 6.04 Å². The average molecular weight is 327 g/mol. The molecule has 0 heterocycles. The molecule has 4 nitrogen and oxygen atoms in total. The van der Waals surface area contributed by atoms with E-state index in [0.29, 0.717) is 6.42 Å². The van der Waals surface area contributed by atoms with Crippen molar-refractivity contribution in [2.75, 3.05) is 6.61 Å². The quantitative estimate of drug-likeness (QED) is 0.767. The first kappa shape index (κ1) is 18.2. The summed E-state index contributed by atoms with van der Waals surface area (Å²) >= 11 is 0. The molecule has 2 aromatic carbocycles. The fourth-order valence-electron chi connectivity index (χ4n) is 2.67. The summed E-state index contributed by atoms with van der Waals surface area (Å²) in [6, 6.07) is 16.3. The number of aryl methyl sites for hydroxylation is 1. The molecule has 0 aliphatic carbocycles. The lowest BCUT2D eigenvalue weighted by atomic mass is 9.98. The molecule has 0 saturated carbocycles. The molecule has 0 spiro atoms. The minimum atomic E-state index is -1.16. The summed E-state index contributed by atoms with van der Waals surface area (Å²) in [5, 5.41) is 9.76.